The van der Waals surface area contributed by atoms with Crippen LogP contribution in [0, 0.1) is 0 Å². The van der Waals surface area contributed by atoms with Crippen LogP contribution >= 0.6 is 11.6 Å². The van der Waals surface area contributed by atoms with Crippen LogP contribution in [0.25, 0.3) is 11.4 Å². The first kappa shape index (κ1) is 20.0. The van der Waals surface area contributed by atoms with Gasteiger partial charge >= 0.3 is 6.18 Å². The largest absolute Gasteiger partial charge is 0.417 e. The van der Waals surface area contributed by atoms with Crippen LogP contribution in [0.4, 0.5) is 13.2 Å². The molecule has 31 heavy (non-hydrogen) atoms. The number of hydrogen-bond donors (Lipinski definition) is 0. The lowest BCUT2D eigenvalue weighted by molar-refractivity contribution is -0.137. The third-order valence-electron chi connectivity index (χ3n) is 5.90. The van der Waals surface area contributed by atoms with Gasteiger partial charge in [0.1, 0.15) is 0 Å². The molecule has 10 heteroatoms. The lowest BCUT2D eigenvalue weighted by Crippen LogP contribution is -2.52. The Bertz CT molecular complexity index is 1150. The molecular weight excluding hydrogens is 431 g/mol. The average Bonchev–Trinajstić information content (AvgIpc) is 3.16. The van der Waals surface area contributed by atoms with E-state index in [1.54, 1.807) is 17.3 Å². The number of halogens is 4. The maximum Gasteiger partial charge on any atom is 0.417 e. The van der Waals surface area contributed by atoms with E-state index in [1.165, 1.54) is 12.1 Å². The summed E-state index contributed by atoms with van der Waals surface area (Å²) in [6.07, 6.45) is 1.03. The summed E-state index contributed by atoms with van der Waals surface area (Å²) in [4.78, 5) is 19.2. The summed E-state index contributed by atoms with van der Waals surface area (Å²) >= 11 is 6.04. The molecule has 2 aliphatic heterocycles. The summed E-state index contributed by atoms with van der Waals surface area (Å²) in [5.41, 5.74) is -0.335. The summed E-state index contributed by atoms with van der Waals surface area (Å²) < 4.78 is 41.9. The van der Waals surface area contributed by atoms with Crippen LogP contribution in [0.3, 0.4) is 0 Å². The first-order chi connectivity index (χ1) is 14.9. The average molecular weight is 448 g/mol. The summed E-state index contributed by atoms with van der Waals surface area (Å²) in [5.74, 6) is 0.790. The van der Waals surface area contributed by atoms with Gasteiger partial charge in [-0.25, -0.2) is 0 Å². The molecule has 0 saturated carbocycles. The quantitative estimate of drug-likeness (QED) is 0.568. The van der Waals surface area contributed by atoms with Gasteiger partial charge in [-0.3, -0.25) is 9.78 Å². The van der Waals surface area contributed by atoms with Gasteiger partial charge in [-0.1, -0.05) is 17.7 Å². The molecule has 1 aromatic carbocycles. The van der Waals surface area contributed by atoms with Crippen LogP contribution in [0.15, 0.2) is 42.7 Å². The van der Waals surface area contributed by atoms with E-state index >= 15 is 0 Å². The molecule has 2 aliphatic rings. The number of piperidine rings is 1. The number of amides is 1. The molecule has 3 aromatic rings. The van der Waals surface area contributed by atoms with Gasteiger partial charge < -0.3 is 9.47 Å². The zero-order chi connectivity index (χ0) is 21.8. The highest BCUT2D eigenvalue weighted by Crippen LogP contribution is 2.42. The van der Waals surface area contributed by atoms with Gasteiger partial charge in [0.05, 0.1) is 28.2 Å². The van der Waals surface area contributed by atoms with Crippen molar-refractivity contribution in [2.24, 2.45) is 0 Å². The van der Waals surface area contributed by atoms with Crippen LogP contribution in [0.1, 0.15) is 47.1 Å². The molecule has 1 amide bonds. The number of benzene rings is 1. The number of carbonyl (C=O) groups is 1. The van der Waals surface area contributed by atoms with Gasteiger partial charge in [0.15, 0.2) is 11.6 Å². The summed E-state index contributed by atoms with van der Waals surface area (Å²) in [6.45, 7) is 0.464. The Morgan fingerprint density at radius 2 is 1.97 bits per heavy atom. The van der Waals surface area contributed by atoms with Crippen molar-refractivity contribution in [1.82, 2.24) is 24.6 Å². The topological polar surface area (TPSA) is 63.9 Å². The van der Waals surface area contributed by atoms with Gasteiger partial charge in [-0.05, 0) is 43.5 Å². The number of alkyl halides is 3. The summed E-state index contributed by atoms with van der Waals surface area (Å²) in [6, 6.07) is 6.58. The zero-order valence-electron chi connectivity index (χ0n) is 16.2. The fourth-order valence-corrected chi connectivity index (χ4v) is 4.85. The molecule has 0 radical (unpaired) electrons. The van der Waals surface area contributed by atoms with Gasteiger partial charge in [0.2, 0.25) is 0 Å². The molecule has 0 aliphatic carbocycles. The minimum absolute atomic E-state index is 0.145. The van der Waals surface area contributed by atoms with Crippen molar-refractivity contribution in [3.8, 4) is 11.4 Å². The van der Waals surface area contributed by atoms with Crippen molar-refractivity contribution in [2.75, 3.05) is 0 Å². The smallest absolute Gasteiger partial charge is 0.324 e. The number of fused-ring (bicyclic) bond motifs is 4. The first-order valence-corrected chi connectivity index (χ1v) is 10.3. The third kappa shape index (κ3) is 3.27. The number of carbonyl (C=O) groups excluding carboxylic acids is 1. The first-order valence-electron chi connectivity index (χ1n) is 9.88. The lowest BCUT2D eigenvalue weighted by atomic mass is 9.90. The molecule has 0 spiro atoms. The van der Waals surface area contributed by atoms with Gasteiger partial charge in [-0.2, -0.15) is 13.2 Å². The van der Waals surface area contributed by atoms with Gasteiger partial charge in [0.25, 0.3) is 5.91 Å². The lowest BCUT2D eigenvalue weighted by Gasteiger charge is -2.45. The molecule has 0 N–H and O–H groups in total. The molecule has 2 atom stereocenters. The second kappa shape index (κ2) is 7.33. The molecule has 4 heterocycles. The standard InChI is InChI=1S/C21H17ClF3N5O/c22-17-14(6-2-7-15(17)21(23,24)25)20(31)30-13-5-1-8-16(30)19-28-27-18(29(19)11-13)12-4-3-9-26-10-12/h2-4,6-7,9-10,13,16H,1,5,8,11H2/t13-,16-/m0/s1. The predicted octanol–water partition coefficient (Wildman–Crippen LogP) is 4.76. The molecular formula is C21H17ClF3N5O. The van der Waals surface area contributed by atoms with E-state index < -0.39 is 22.7 Å². The second-order valence-electron chi connectivity index (χ2n) is 7.71. The SMILES string of the molecule is O=C(c1cccc(C(F)(F)F)c1Cl)N1[C@H]2CCC[C@H]1c1nnc(-c3cccnc3)n1C2. The Balaban J connectivity index is 1.55. The summed E-state index contributed by atoms with van der Waals surface area (Å²) in [5, 5.41) is 8.09. The van der Waals surface area contributed by atoms with Crippen molar-refractivity contribution < 1.29 is 18.0 Å². The van der Waals surface area contributed by atoms with Gasteiger partial charge in [0, 0.05) is 24.5 Å². The van der Waals surface area contributed by atoms with E-state index in [2.05, 4.69) is 15.2 Å². The van der Waals surface area contributed by atoms with E-state index in [0.717, 1.165) is 24.5 Å². The maximum absolute atomic E-state index is 13.4. The molecule has 1 saturated heterocycles. The molecule has 5 rings (SSSR count). The Labute approximate surface area is 180 Å². The highest BCUT2D eigenvalue weighted by molar-refractivity contribution is 6.34. The number of aromatic nitrogens is 4. The molecule has 160 valence electrons. The predicted molar refractivity (Wildman–Crippen MR) is 106 cm³/mol. The minimum atomic E-state index is -4.63. The van der Waals surface area contributed by atoms with E-state index in [9.17, 15) is 18.0 Å². The maximum atomic E-state index is 13.4. The Kier molecular flexibility index (Phi) is 4.73. The minimum Gasteiger partial charge on any atom is -0.324 e. The monoisotopic (exact) mass is 447 g/mol. The summed E-state index contributed by atoms with van der Waals surface area (Å²) in [7, 11) is 0. The molecule has 2 bridgehead atoms. The number of hydrogen-bond acceptors (Lipinski definition) is 4. The number of rotatable bonds is 2. The fraction of sp³-hybridized carbons (Fsp3) is 0.333. The van der Waals surface area contributed by atoms with Gasteiger partial charge in [-0.15, -0.1) is 10.2 Å². The number of nitrogens with zero attached hydrogens (tertiary/aromatic N) is 5. The van der Waals surface area contributed by atoms with E-state index in [-0.39, 0.29) is 17.6 Å². The fourth-order valence-electron chi connectivity index (χ4n) is 4.54. The van der Waals surface area contributed by atoms with Crippen LogP contribution in [0.2, 0.25) is 5.02 Å². The van der Waals surface area contributed by atoms with Crippen molar-refractivity contribution in [3.05, 3.63) is 64.7 Å². The molecule has 2 aromatic heterocycles. The van der Waals surface area contributed by atoms with E-state index in [0.29, 0.717) is 24.6 Å². The van der Waals surface area contributed by atoms with Crippen molar-refractivity contribution in [1.29, 1.82) is 0 Å². The molecule has 6 nitrogen and oxygen atoms in total. The highest BCUT2D eigenvalue weighted by Gasteiger charge is 2.44. The van der Waals surface area contributed by atoms with Crippen LogP contribution in [0.5, 0.6) is 0 Å². The van der Waals surface area contributed by atoms with E-state index in [4.69, 9.17) is 11.6 Å². The van der Waals surface area contributed by atoms with Crippen molar-refractivity contribution >= 4 is 17.5 Å². The van der Waals surface area contributed by atoms with Crippen LogP contribution in [-0.2, 0) is 12.7 Å². The Morgan fingerprint density at radius 1 is 1.13 bits per heavy atom. The molecule has 1 fully saturated rings. The second-order valence-corrected chi connectivity index (χ2v) is 8.09. The van der Waals surface area contributed by atoms with Crippen LogP contribution < -0.4 is 0 Å². The Hall–Kier alpha value is -2.94. The Morgan fingerprint density at radius 3 is 2.71 bits per heavy atom. The van der Waals surface area contributed by atoms with Crippen LogP contribution in [-0.4, -0.2) is 36.6 Å². The van der Waals surface area contributed by atoms with Crippen molar-refractivity contribution in [2.45, 2.75) is 44.1 Å². The van der Waals surface area contributed by atoms with E-state index in [1.807, 2.05) is 16.7 Å². The normalized spacial score (nSPS) is 20.5. The van der Waals surface area contributed by atoms with Crippen molar-refractivity contribution in [3.63, 3.8) is 0 Å². The molecule has 0 unspecified atom stereocenters. The number of pyridine rings is 1. The third-order valence-corrected chi connectivity index (χ3v) is 6.31. The zero-order valence-corrected chi connectivity index (χ0v) is 16.9. The highest BCUT2D eigenvalue weighted by atomic mass is 35.5.